The summed E-state index contributed by atoms with van der Waals surface area (Å²) in [6.45, 7) is 6.55. The van der Waals surface area contributed by atoms with Crippen molar-refractivity contribution >= 4 is 11.7 Å². The van der Waals surface area contributed by atoms with Crippen LogP contribution in [0.5, 0.6) is 11.5 Å². The number of para-hydroxylation sites is 2. The number of fused-ring (bicyclic) bond motifs is 1. The van der Waals surface area contributed by atoms with Gasteiger partial charge in [0.15, 0.2) is 11.5 Å². The fourth-order valence-corrected chi connectivity index (χ4v) is 2.93. The number of amides is 2. The van der Waals surface area contributed by atoms with Gasteiger partial charge in [-0.05, 0) is 38.5 Å². The fraction of sp³-hybridized carbons (Fsp3) is 0.318. The quantitative estimate of drug-likeness (QED) is 0.809. The van der Waals surface area contributed by atoms with Crippen LogP contribution in [0.25, 0.3) is 0 Å². The molecule has 5 nitrogen and oxygen atoms in total. The molecule has 1 aliphatic rings. The molecule has 0 spiro atoms. The molecule has 3 rings (SSSR count). The number of aryl methyl sites for hydroxylation is 1. The molecule has 0 unspecified atom stereocenters. The average molecular weight is 364 g/mol. The Balaban J connectivity index is 1.44. The largest absolute Gasteiger partial charge is 0.483 e. The number of urea groups is 1. The number of carbonyl (C=O) groups excluding carboxylic acids is 1. The van der Waals surface area contributed by atoms with E-state index in [1.165, 1.54) is 0 Å². The van der Waals surface area contributed by atoms with Crippen molar-refractivity contribution in [1.29, 1.82) is 0 Å². The number of ether oxygens (including phenoxy) is 2. The summed E-state index contributed by atoms with van der Waals surface area (Å²) in [7, 11) is 0. The first-order chi connectivity index (χ1) is 12.9. The van der Waals surface area contributed by atoms with E-state index in [1.54, 1.807) is 0 Å². The van der Waals surface area contributed by atoms with Crippen LogP contribution in [-0.4, -0.2) is 24.8 Å². The van der Waals surface area contributed by atoms with Crippen LogP contribution in [-0.2, 0) is 6.42 Å². The highest BCUT2D eigenvalue weighted by molar-refractivity contribution is 5.90. The Morgan fingerprint density at radius 1 is 1.19 bits per heavy atom. The summed E-state index contributed by atoms with van der Waals surface area (Å²) in [5.41, 5.74) is 2.74. The smallest absolute Gasteiger partial charge is 0.320 e. The molecule has 140 valence electrons. The molecular formula is C22H24N2O3. The van der Waals surface area contributed by atoms with E-state index in [1.807, 2.05) is 43.3 Å². The maximum atomic E-state index is 11.9. The Hall–Kier alpha value is -3.13. The number of anilines is 1. The second-order valence-electron chi connectivity index (χ2n) is 7.05. The molecular weight excluding hydrogens is 340 g/mol. The van der Waals surface area contributed by atoms with E-state index in [0.29, 0.717) is 5.75 Å². The standard InChI is InChI=1S/C22H24N2O3/c1-16-9-4-5-11-18(16)24-21(25)23-13-6-7-14-26-19-12-8-10-17-15-22(2,3)27-20(17)19/h4-5,8-12H,13-15H2,1-3H3,(H2,23,24,25). The van der Waals surface area contributed by atoms with Gasteiger partial charge in [-0.3, -0.25) is 0 Å². The Labute approximate surface area is 160 Å². The molecule has 27 heavy (non-hydrogen) atoms. The highest BCUT2D eigenvalue weighted by Gasteiger charge is 2.32. The number of hydrogen-bond acceptors (Lipinski definition) is 3. The van der Waals surface area contributed by atoms with Crippen LogP contribution >= 0.6 is 0 Å². The predicted octanol–water partition coefficient (Wildman–Crippen LogP) is 3.91. The van der Waals surface area contributed by atoms with Crippen molar-refractivity contribution in [3.05, 3.63) is 53.6 Å². The summed E-state index contributed by atoms with van der Waals surface area (Å²) < 4.78 is 11.7. The van der Waals surface area contributed by atoms with E-state index in [2.05, 4.69) is 42.4 Å². The number of hydrogen-bond donors (Lipinski definition) is 2. The van der Waals surface area contributed by atoms with Gasteiger partial charge in [0.1, 0.15) is 12.2 Å². The summed E-state index contributed by atoms with van der Waals surface area (Å²) in [6.07, 6.45) is 0.866. The Morgan fingerprint density at radius 3 is 2.81 bits per heavy atom. The Morgan fingerprint density at radius 2 is 2.00 bits per heavy atom. The van der Waals surface area contributed by atoms with Crippen molar-refractivity contribution in [2.24, 2.45) is 0 Å². The van der Waals surface area contributed by atoms with Crippen LogP contribution < -0.4 is 20.1 Å². The molecule has 0 atom stereocenters. The highest BCUT2D eigenvalue weighted by Crippen LogP contribution is 2.41. The van der Waals surface area contributed by atoms with Crippen molar-refractivity contribution in [2.45, 2.75) is 32.8 Å². The van der Waals surface area contributed by atoms with Gasteiger partial charge in [-0.15, -0.1) is 0 Å². The van der Waals surface area contributed by atoms with E-state index in [9.17, 15) is 4.79 Å². The first-order valence-electron chi connectivity index (χ1n) is 8.94. The Bertz CT molecular complexity index is 894. The van der Waals surface area contributed by atoms with Crippen molar-refractivity contribution in [3.8, 4) is 23.3 Å². The van der Waals surface area contributed by atoms with Crippen molar-refractivity contribution in [3.63, 3.8) is 0 Å². The zero-order valence-electron chi connectivity index (χ0n) is 15.9. The van der Waals surface area contributed by atoms with Gasteiger partial charge in [-0.2, -0.15) is 0 Å². The minimum Gasteiger partial charge on any atom is -0.483 e. The lowest BCUT2D eigenvalue weighted by Gasteiger charge is -2.17. The van der Waals surface area contributed by atoms with Crippen LogP contribution in [0, 0.1) is 18.8 Å². The maximum absolute atomic E-state index is 11.9. The van der Waals surface area contributed by atoms with Crippen molar-refractivity contribution in [1.82, 2.24) is 5.32 Å². The summed E-state index contributed by atoms with van der Waals surface area (Å²) in [5.74, 6) is 7.30. The topological polar surface area (TPSA) is 59.6 Å². The third-order valence-electron chi connectivity index (χ3n) is 4.21. The molecule has 2 aromatic carbocycles. The number of rotatable bonds is 4. The van der Waals surface area contributed by atoms with Gasteiger partial charge in [0.2, 0.25) is 0 Å². The van der Waals surface area contributed by atoms with E-state index >= 15 is 0 Å². The predicted molar refractivity (Wildman–Crippen MR) is 106 cm³/mol. The molecule has 0 aromatic heterocycles. The van der Waals surface area contributed by atoms with Crippen LogP contribution in [0.2, 0.25) is 0 Å². The summed E-state index contributed by atoms with van der Waals surface area (Å²) in [6, 6.07) is 13.2. The van der Waals surface area contributed by atoms with E-state index < -0.39 is 0 Å². The van der Waals surface area contributed by atoms with Gasteiger partial charge in [0.25, 0.3) is 0 Å². The number of nitrogens with one attached hydrogen (secondary N) is 2. The first-order valence-corrected chi connectivity index (χ1v) is 8.94. The highest BCUT2D eigenvalue weighted by atomic mass is 16.5. The molecule has 5 heteroatoms. The average Bonchev–Trinajstić information content (AvgIpc) is 2.94. The number of carbonyl (C=O) groups is 1. The molecule has 1 aliphatic heterocycles. The molecule has 0 saturated carbocycles. The molecule has 1 heterocycles. The minimum absolute atomic E-state index is 0.206. The SMILES string of the molecule is Cc1ccccc1NC(=O)NCC#CCOc1cccc2c1OC(C)(C)C2. The zero-order valence-corrected chi connectivity index (χ0v) is 15.9. The summed E-state index contributed by atoms with van der Waals surface area (Å²) >= 11 is 0. The molecule has 0 saturated heterocycles. The summed E-state index contributed by atoms with van der Waals surface area (Å²) in [4.78, 5) is 11.9. The lowest BCUT2D eigenvalue weighted by atomic mass is 10.0. The lowest BCUT2D eigenvalue weighted by Crippen LogP contribution is -2.29. The molecule has 0 aliphatic carbocycles. The fourth-order valence-electron chi connectivity index (χ4n) is 2.93. The van der Waals surface area contributed by atoms with E-state index in [-0.39, 0.29) is 24.8 Å². The lowest BCUT2D eigenvalue weighted by molar-refractivity contribution is 0.133. The van der Waals surface area contributed by atoms with Crippen LogP contribution in [0.3, 0.4) is 0 Å². The molecule has 2 aromatic rings. The molecule has 0 radical (unpaired) electrons. The van der Waals surface area contributed by atoms with Gasteiger partial charge in [0, 0.05) is 17.7 Å². The third kappa shape index (κ3) is 4.95. The van der Waals surface area contributed by atoms with Crippen molar-refractivity contribution < 1.29 is 14.3 Å². The Kier molecular flexibility index (Phi) is 5.56. The van der Waals surface area contributed by atoms with Crippen LogP contribution in [0.1, 0.15) is 25.0 Å². The van der Waals surface area contributed by atoms with Crippen molar-refractivity contribution in [2.75, 3.05) is 18.5 Å². The maximum Gasteiger partial charge on any atom is 0.320 e. The van der Waals surface area contributed by atoms with Gasteiger partial charge in [-0.25, -0.2) is 4.79 Å². The minimum atomic E-state index is -0.281. The first kappa shape index (κ1) is 18.7. The van der Waals surface area contributed by atoms with Gasteiger partial charge >= 0.3 is 6.03 Å². The van der Waals surface area contributed by atoms with Gasteiger partial charge < -0.3 is 20.1 Å². The van der Waals surface area contributed by atoms with Crippen LogP contribution in [0.15, 0.2) is 42.5 Å². The third-order valence-corrected chi connectivity index (χ3v) is 4.21. The van der Waals surface area contributed by atoms with E-state index in [4.69, 9.17) is 9.47 Å². The van der Waals surface area contributed by atoms with Gasteiger partial charge in [0.05, 0.1) is 6.54 Å². The zero-order chi connectivity index (χ0) is 19.3. The van der Waals surface area contributed by atoms with E-state index in [0.717, 1.165) is 29.0 Å². The molecule has 2 amide bonds. The van der Waals surface area contributed by atoms with Gasteiger partial charge in [-0.1, -0.05) is 42.2 Å². The monoisotopic (exact) mass is 364 g/mol. The molecule has 0 bridgehead atoms. The second kappa shape index (κ2) is 8.05. The summed E-state index contributed by atoms with van der Waals surface area (Å²) in [5, 5.41) is 5.50. The number of benzene rings is 2. The second-order valence-corrected chi connectivity index (χ2v) is 7.05. The molecule has 2 N–H and O–H groups in total. The molecule has 0 fully saturated rings. The normalized spacial score (nSPS) is 13.6. The van der Waals surface area contributed by atoms with Crippen LogP contribution in [0.4, 0.5) is 10.5 Å².